The average molecular weight is 423 g/mol. The van der Waals surface area contributed by atoms with Crippen molar-refractivity contribution >= 4 is 43.9 Å². The number of aliphatic carboxylic acids is 2. The summed E-state index contributed by atoms with van der Waals surface area (Å²) in [7, 11) is -2.26. The van der Waals surface area contributed by atoms with Gasteiger partial charge in [0.05, 0.1) is 5.09 Å². The number of nitrogens with two attached hydrogens (primary N) is 2. The largest absolute Gasteiger partial charge is 1.00 e. The van der Waals surface area contributed by atoms with Crippen molar-refractivity contribution in [3.63, 3.8) is 0 Å². The van der Waals surface area contributed by atoms with Gasteiger partial charge < -0.3 is 37.0 Å². The van der Waals surface area contributed by atoms with Crippen LogP contribution < -0.4 is 41.0 Å². The van der Waals surface area contributed by atoms with Gasteiger partial charge in [0.2, 0.25) is 0 Å². The molecule has 0 aromatic rings. The minimum Gasteiger partial charge on any atom is -0.480 e. The molecule has 0 heterocycles. The van der Waals surface area contributed by atoms with Gasteiger partial charge in [0, 0.05) is 11.5 Å². The molecule has 0 saturated carbocycles. The van der Waals surface area contributed by atoms with Crippen LogP contribution in [0.3, 0.4) is 0 Å². The molecule has 0 aliphatic carbocycles. The van der Waals surface area contributed by atoms with Crippen molar-refractivity contribution in [2.45, 2.75) is 12.1 Å². The number of carbonyl (C=O) groups is 2. The standard InChI is InChI=1S/C6H12N2O4S2.NO3.Na.H2O4S/c7-3(5(9)10)1-13-14-2-4(8)6(11)12;2-1(3)4;;1-5(2,3)4/h3-4H,1-2,7-8H2,(H,9,10)(H,11,12);;;(H2,1,2,3,4)/q;-1;+1;/t3-,4?;;;/m0.../s1. The fraction of sp³-hybridized carbons (Fsp3) is 0.667. The van der Waals surface area contributed by atoms with Crippen molar-refractivity contribution in [1.82, 2.24) is 0 Å². The Morgan fingerprint density at radius 2 is 1.17 bits per heavy atom. The van der Waals surface area contributed by atoms with Crippen LogP contribution in [0.2, 0.25) is 0 Å². The van der Waals surface area contributed by atoms with Gasteiger partial charge in [-0.25, -0.2) is 0 Å². The summed E-state index contributed by atoms with van der Waals surface area (Å²) in [6, 6.07) is -1.85. The van der Waals surface area contributed by atoms with Crippen molar-refractivity contribution in [3.8, 4) is 0 Å². The van der Waals surface area contributed by atoms with E-state index >= 15 is 0 Å². The van der Waals surface area contributed by atoms with Crippen LogP contribution in [-0.4, -0.2) is 68.4 Å². The number of hydrogen-bond donors (Lipinski definition) is 6. The zero-order valence-corrected chi connectivity index (χ0v) is 16.5. The predicted octanol–water partition coefficient (Wildman–Crippen LogP) is -4.70. The molecular weight excluding hydrogens is 409 g/mol. The normalized spacial score (nSPS) is 12.0. The molecule has 0 bridgehead atoms. The van der Waals surface area contributed by atoms with E-state index in [1.807, 2.05) is 0 Å². The minimum absolute atomic E-state index is 0. The van der Waals surface area contributed by atoms with Crippen molar-refractivity contribution < 1.29 is 72.0 Å². The topological polar surface area (TPSA) is 267 Å². The van der Waals surface area contributed by atoms with Crippen molar-refractivity contribution in [1.29, 1.82) is 0 Å². The smallest absolute Gasteiger partial charge is 0.480 e. The van der Waals surface area contributed by atoms with Crippen molar-refractivity contribution in [3.05, 3.63) is 15.3 Å². The molecule has 0 spiro atoms. The molecule has 8 N–H and O–H groups in total. The van der Waals surface area contributed by atoms with E-state index in [1.165, 1.54) is 21.6 Å². The Morgan fingerprint density at radius 3 is 1.29 bits per heavy atom. The Hall–Kier alpha value is -0.370. The molecule has 18 heteroatoms. The first-order chi connectivity index (χ1) is 10.2. The molecule has 0 amide bonds. The molecule has 0 aliphatic heterocycles. The van der Waals surface area contributed by atoms with Gasteiger partial charge in [0.25, 0.3) is 0 Å². The number of carboxylic acids is 2. The third-order valence-corrected chi connectivity index (χ3v) is 3.69. The van der Waals surface area contributed by atoms with Crippen molar-refractivity contribution in [2.75, 3.05) is 11.5 Å². The van der Waals surface area contributed by atoms with Crippen LogP contribution in [0.1, 0.15) is 0 Å². The van der Waals surface area contributed by atoms with Gasteiger partial charge in [-0.3, -0.25) is 18.7 Å². The van der Waals surface area contributed by atoms with Gasteiger partial charge >= 0.3 is 51.9 Å². The third kappa shape index (κ3) is 43.0. The van der Waals surface area contributed by atoms with Gasteiger partial charge in [-0.2, -0.15) is 8.42 Å². The van der Waals surface area contributed by atoms with E-state index in [4.69, 9.17) is 54.5 Å². The minimum atomic E-state index is -4.67. The SMILES string of the molecule is NC(CSSC[C@H](N)C(=O)O)C(=O)O.O=S(=O)(O)O.O=[N+]([O-])[O-].[Na+]. The summed E-state index contributed by atoms with van der Waals surface area (Å²) in [5, 5.41) is 31.6. The van der Waals surface area contributed by atoms with Crippen LogP contribution in [0.5, 0.6) is 0 Å². The van der Waals surface area contributed by atoms with E-state index in [-0.39, 0.29) is 41.1 Å². The molecule has 0 aliphatic rings. The summed E-state index contributed by atoms with van der Waals surface area (Å²) in [5.41, 5.74) is 10.4. The fourth-order valence-electron chi connectivity index (χ4n) is 0.385. The molecule has 0 aromatic heterocycles. The predicted molar refractivity (Wildman–Crippen MR) is 80.7 cm³/mol. The molecule has 0 saturated heterocycles. The van der Waals surface area contributed by atoms with Crippen LogP contribution in [0.4, 0.5) is 0 Å². The molecule has 1 unspecified atom stereocenters. The Balaban J connectivity index is -0.000000166. The van der Waals surface area contributed by atoms with Crippen LogP contribution in [0, 0.1) is 15.3 Å². The number of hydrogen-bond acceptors (Lipinski definition) is 11. The molecular formula is C6H14N3NaO11S3. The molecule has 0 aromatic carbocycles. The third-order valence-electron chi connectivity index (χ3n) is 1.21. The molecule has 24 heavy (non-hydrogen) atoms. The maximum Gasteiger partial charge on any atom is 1.00 e. The molecule has 2 atom stereocenters. The summed E-state index contributed by atoms with van der Waals surface area (Å²) in [6.45, 7) is 0. The van der Waals surface area contributed by atoms with E-state index in [9.17, 15) is 9.59 Å². The Bertz CT molecular complexity index is 442. The number of rotatable bonds is 7. The quantitative estimate of drug-likeness (QED) is 0.0560. The van der Waals surface area contributed by atoms with E-state index in [0.717, 1.165) is 0 Å². The van der Waals surface area contributed by atoms with Gasteiger partial charge in [0.1, 0.15) is 12.1 Å². The summed E-state index contributed by atoms with van der Waals surface area (Å²) >= 11 is 0. The molecule has 0 fully saturated rings. The molecule has 0 rings (SSSR count). The number of carboxylic acid groups (broad SMARTS) is 2. The van der Waals surface area contributed by atoms with E-state index in [1.54, 1.807) is 0 Å². The summed E-state index contributed by atoms with van der Waals surface area (Å²) in [4.78, 5) is 28.8. The van der Waals surface area contributed by atoms with Gasteiger partial charge in [-0.1, -0.05) is 21.6 Å². The zero-order chi connectivity index (χ0) is 19.2. The summed E-state index contributed by atoms with van der Waals surface area (Å²) in [6.07, 6.45) is 0. The molecule has 138 valence electrons. The first kappa shape index (κ1) is 31.4. The second-order valence-corrected chi connectivity index (χ2v) is 6.58. The average Bonchev–Trinajstić information content (AvgIpc) is 2.30. The zero-order valence-electron chi connectivity index (χ0n) is 12.0. The summed E-state index contributed by atoms with van der Waals surface area (Å²) < 4.78 is 31.6. The second kappa shape index (κ2) is 17.5. The Labute approximate surface area is 165 Å². The molecule has 14 nitrogen and oxygen atoms in total. The van der Waals surface area contributed by atoms with Gasteiger partial charge in [-0.15, -0.1) is 0 Å². The first-order valence-corrected chi connectivity index (χ1v) is 8.79. The van der Waals surface area contributed by atoms with E-state index in [2.05, 4.69) is 0 Å². The molecule has 0 radical (unpaired) electrons. The van der Waals surface area contributed by atoms with Gasteiger partial charge in [0.15, 0.2) is 0 Å². The van der Waals surface area contributed by atoms with E-state index in [0.29, 0.717) is 0 Å². The number of nitrogens with zero attached hydrogens (tertiary/aromatic N) is 1. The van der Waals surface area contributed by atoms with Crippen LogP contribution >= 0.6 is 21.6 Å². The fourth-order valence-corrected chi connectivity index (χ4v) is 2.61. The maximum atomic E-state index is 10.3. The maximum absolute atomic E-state index is 10.3. The monoisotopic (exact) mass is 423 g/mol. The van der Waals surface area contributed by atoms with E-state index < -0.39 is 39.5 Å². The van der Waals surface area contributed by atoms with Crippen molar-refractivity contribution in [2.24, 2.45) is 11.5 Å². The second-order valence-electron chi connectivity index (χ2n) is 3.13. The Kier molecular flexibility index (Phi) is 22.8. The van der Waals surface area contributed by atoms with Crippen LogP contribution in [-0.2, 0) is 20.0 Å². The van der Waals surface area contributed by atoms with Crippen LogP contribution in [0.25, 0.3) is 0 Å². The Morgan fingerprint density at radius 1 is 1.00 bits per heavy atom. The van der Waals surface area contributed by atoms with Gasteiger partial charge in [-0.05, 0) is 0 Å². The summed E-state index contributed by atoms with van der Waals surface area (Å²) in [5.74, 6) is -1.68. The first-order valence-electron chi connectivity index (χ1n) is 4.91. The van der Waals surface area contributed by atoms with Crippen LogP contribution in [0.15, 0.2) is 0 Å².